The van der Waals surface area contributed by atoms with Gasteiger partial charge in [-0.1, -0.05) is 12.1 Å². The van der Waals surface area contributed by atoms with Gasteiger partial charge in [-0.2, -0.15) is 0 Å². The highest BCUT2D eigenvalue weighted by atomic mass is 32.2. The molecular weight excluding hydrogens is 376 g/mol. The van der Waals surface area contributed by atoms with Crippen molar-refractivity contribution in [1.82, 2.24) is 10.0 Å². The van der Waals surface area contributed by atoms with E-state index >= 15 is 0 Å². The van der Waals surface area contributed by atoms with Crippen LogP contribution in [0.2, 0.25) is 0 Å². The highest BCUT2D eigenvalue weighted by molar-refractivity contribution is 7.88. The molecule has 1 aromatic heterocycles. The number of carboxylic acid groups (broad SMARTS) is 1. The van der Waals surface area contributed by atoms with Crippen LogP contribution in [0.1, 0.15) is 21.9 Å². The summed E-state index contributed by atoms with van der Waals surface area (Å²) in [6.07, 6.45) is 1.60. The Hall–Kier alpha value is -2.85. The summed E-state index contributed by atoms with van der Waals surface area (Å²) in [7, 11) is -3.34. The zero-order valence-electron chi connectivity index (χ0n) is 14.6. The standard InChI is InChI=1S/C17H20N2O7S/c1-27(23,24)19-10-14-6-7-15(26-14)17(22)18-9-8-12-2-4-13(5-3-12)25-11-16(20)21/h2-7,19H,8-11H2,1H3,(H,18,22)(H,20,21). The van der Waals surface area contributed by atoms with Gasteiger partial charge in [0.05, 0.1) is 12.8 Å². The Morgan fingerprint density at radius 1 is 1.15 bits per heavy atom. The second-order valence-corrected chi connectivity index (χ2v) is 7.52. The van der Waals surface area contributed by atoms with Gasteiger partial charge in [0.2, 0.25) is 10.0 Å². The van der Waals surface area contributed by atoms with E-state index in [-0.39, 0.29) is 12.3 Å². The molecule has 146 valence electrons. The van der Waals surface area contributed by atoms with Crippen molar-refractivity contribution in [2.24, 2.45) is 0 Å². The molecule has 1 heterocycles. The molecule has 10 heteroatoms. The molecule has 1 amide bonds. The van der Waals surface area contributed by atoms with Crippen molar-refractivity contribution in [3.63, 3.8) is 0 Å². The van der Waals surface area contributed by atoms with Crippen LogP contribution in [0.5, 0.6) is 5.75 Å². The number of nitrogens with one attached hydrogen (secondary N) is 2. The van der Waals surface area contributed by atoms with E-state index < -0.39 is 28.5 Å². The lowest BCUT2D eigenvalue weighted by Gasteiger charge is -2.06. The van der Waals surface area contributed by atoms with Crippen LogP contribution in [0.3, 0.4) is 0 Å². The van der Waals surface area contributed by atoms with Gasteiger partial charge >= 0.3 is 5.97 Å². The van der Waals surface area contributed by atoms with Crippen molar-refractivity contribution < 1.29 is 32.3 Å². The third kappa shape index (κ3) is 7.50. The van der Waals surface area contributed by atoms with Crippen LogP contribution in [-0.4, -0.2) is 44.8 Å². The third-order valence-corrected chi connectivity index (χ3v) is 4.05. The minimum atomic E-state index is -3.34. The summed E-state index contributed by atoms with van der Waals surface area (Å²) < 4.78 is 34.7. The molecule has 0 aliphatic carbocycles. The van der Waals surface area contributed by atoms with Gasteiger partial charge in [0.25, 0.3) is 5.91 Å². The summed E-state index contributed by atoms with van der Waals surface area (Å²) in [5, 5.41) is 11.3. The molecule has 3 N–H and O–H groups in total. The van der Waals surface area contributed by atoms with Crippen molar-refractivity contribution >= 4 is 21.9 Å². The predicted octanol–water partition coefficient (Wildman–Crippen LogP) is 0.765. The largest absolute Gasteiger partial charge is 0.482 e. The van der Waals surface area contributed by atoms with E-state index in [1.54, 1.807) is 24.3 Å². The monoisotopic (exact) mass is 396 g/mol. The first-order chi connectivity index (χ1) is 12.7. The Bertz CT molecular complexity index is 888. The highest BCUT2D eigenvalue weighted by Gasteiger charge is 2.12. The molecule has 1 aromatic carbocycles. The van der Waals surface area contributed by atoms with E-state index in [4.69, 9.17) is 14.3 Å². The van der Waals surface area contributed by atoms with Crippen LogP contribution in [0, 0.1) is 0 Å². The number of carbonyl (C=O) groups is 2. The molecule has 9 nitrogen and oxygen atoms in total. The lowest BCUT2D eigenvalue weighted by atomic mass is 10.1. The van der Waals surface area contributed by atoms with Crippen molar-refractivity contribution in [3.05, 3.63) is 53.5 Å². The maximum absolute atomic E-state index is 12.0. The molecule has 0 radical (unpaired) electrons. The molecule has 2 aromatic rings. The number of amides is 1. The molecule has 0 spiro atoms. The average Bonchev–Trinajstić information content (AvgIpc) is 3.08. The summed E-state index contributed by atoms with van der Waals surface area (Å²) in [6.45, 7) is -0.0611. The number of carboxylic acids is 1. The van der Waals surface area contributed by atoms with Crippen molar-refractivity contribution in [1.29, 1.82) is 0 Å². The Labute approximate surface area is 156 Å². The van der Waals surface area contributed by atoms with Gasteiger partial charge in [0.15, 0.2) is 12.4 Å². The third-order valence-electron chi connectivity index (χ3n) is 3.38. The van der Waals surface area contributed by atoms with Gasteiger partial charge in [-0.15, -0.1) is 0 Å². The molecule has 27 heavy (non-hydrogen) atoms. The fourth-order valence-electron chi connectivity index (χ4n) is 2.10. The molecule has 0 aliphatic rings. The highest BCUT2D eigenvalue weighted by Crippen LogP contribution is 2.12. The number of ether oxygens (including phenoxy) is 1. The van der Waals surface area contributed by atoms with Gasteiger partial charge in [0.1, 0.15) is 11.5 Å². The van der Waals surface area contributed by atoms with Gasteiger partial charge in [-0.05, 0) is 36.2 Å². The van der Waals surface area contributed by atoms with E-state index in [1.807, 2.05) is 0 Å². The number of hydrogen-bond donors (Lipinski definition) is 3. The molecule has 0 fully saturated rings. The first-order valence-electron chi connectivity index (χ1n) is 7.98. The Morgan fingerprint density at radius 3 is 2.48 bits per heavy atom. The number of hydrogen-bond acceptors (Lipinski definition) is 6. The maximum atomic E-state index is 12.0. The van der Waals surface area contributed by atoms with Crippen molar-refractivity contribution in [3.8, 4) is 5.75 Å². The summed E-state index contributed by atoms with van der Waals surface area (Å²) >= 11 is 0. The number of furan rings is 1. The summed E-state index contributed by atoms with van der Waals surface area (Å²) in [5.74, 6) is -0.562. The summed E-state index contributed by atoms with van der Waals surface area (Å²) in [4.78, 5) is 22.5. The van der Waals surface area contributed by atoms with Crippen LogP contribution >= 0.6 is 0 Å². The normalized spacial score (nSPS) is 11.1. The SMILES string of the molecule is CS(=O)(=O)NCc1ccc(C(=O)NCCc2ccc(OCC(=O)O)cc2)o1. The van der Waals surface area contributed by atoms with Crippen molar-refractivity contribution in [2.45, 2.75) is 13.0 Å². The summed E-state index contributed by atoms with van der Waals surface area (Å²) in [6, 6.07) is 9.89. The average molecular weight is 396 g/mol. The molecule has 0 unspecified atom stereocenters. The molecule has 0 saturated heterocycles. The molecule has 0 saturated carbocycles. The topological polar surface area (TPSA) is 135 Å². The number of sulfonamides is 1. The van der Waals surface area contributed by atoms with Crippen LogP contribution in [-0.2, 0) is 27.8 Å². The second-order valence-electron chi connectivity index (χ2n) is 5.69. The van der Waals surface area contributed by atoms with E-state index in [2.05, 4.69) is 10.0 Å². The van der Waals surface area contributed by atoms with Gasteiger partial charge in [-0.25, -0.2) is 17.9 Å². The van der Waals surface area contributed by atoms with E-state index in [0.717, 1.165) is 11.8 Å². The second kappa shape index (κ2) is 9.19. The zero-order chi connectivity index (χ0) is 19.9. The Kier molecular flexibility index (Phi) is 6.97. The number of aliphatic carboxylic acids is 1. The molecule has 2 rings (SSSR count). The molecule has 0 bridgehead atoms. The van der Waals surface area contributed by atoms with Crippen molar-refractivity contribution in [2.75, 3.05) is 19.4 Å². The van der Waals surface area contributed by atoms with Gasteiger partial charge < -0.3 is 19.6 Å². The van der Waals surface area contributed by atoms with Gasteiger partial charge in [0, 0.05) is 6.54 Å². The van der Waals surface area contributed by atoms with Crippen LogP contribution in [0.25, 0.3) is 0 Å². The fraction of sp³-hybridized carbons (Fsp3) is 0.294. The lowest BCUT2D eigenvalue weighted by molar-refractivity contribution is -0.139. The molecule has 0 atom stereocenters. The smallest absolute Gasteiger partial charge is 0.341 e. The molecular formula is C17H20N2O7S. The van der Waals surface area contributed by atoms with Crippen LogP contribution in [0.15, 0.2) is 40.8 Å². The van der Waals surface area contributed by atoms with E-state index in [0.29, 0.717) is 24.5 Å². The minimum absolute atomic E-state index is 0.0254. The fourth-order valence-corrected chi connectivity index (χ4v) is 2.51. The summed E-state index contributed by atoms with van der Waals surface area (Å²) in [5.41, 5.74) is 0.940. The number of rotatable bonds is 10. The maximum Gasteiger partial charge on any atom is 0.341 e. The first kappa shape index (κ1) is 20.5. The number of benzene rings is 1. The van der Waals surface area contributed by atoms with E-state index in [1.165, 1.54) is 12.1 Å². The first-order valence-corrected chi connectivity index (χ1v) is 9.87. The van der Waals surface area contributed by atoms with E-state index in [9.17, 15) is 18.0 Å². The zero-order valence-corrected chi connectivity index (χ0v) is 15.4. The Morgan fingerprint density at radius 2 is 1.85 bits per heavy atom. The minimum Gasteiger partial charge on any atom is -0.482 e. The van der Waals surface area contributed by atoms with Crippen LogP contribution < -0.4 is 14.8 Å². The predicted molar refractivity (Wildman–Crippen MR) is 96.0 cm³/mol. The van der Waals surface area contributed by atoms with Gasteiger partial charge in [-0.3, -0.25) is 4.79 Å². The number of carbonyl (C=O) groups excluding carboxylic acids is 1. The molecule has 0 aliphatic heterocycles. The lowest BCUT2D eigenvalue weighted by Crippen LogP contribution is -2.25. The quantitative estimate of drug-likeness (QED) is 0.540. The van der Waals surface area contributed by atoms with Crippen LogP contribution in [0.4, 0.5) is 0 Å². The Balaban J connectivity index is 1.77.